The van der Waals surface area contributed by atoms with Gasteiger partial charge >= 0.3 is 0 Å². The van der Waals surface area contributed by atoms with E-state index in [2.05, 4.69) is 64.7 Å². The van der Waals surface area contributed by atoms with Crippen molar-refractivity contribution in [1.82, 2.24) is 14.6 Å². The van der Waals surface area contributed by atoms with Gasteiger partial charge in [0, 0.05) is 42.1 Å². The predicted molar refractivity (Wildman–Crippen MR) is 116 cm³/mol. The highest BCUT2D eigenvalue weighted by atomic mass is 35.5. The fourth-order valence-corrected chi connectivity index (χ4v) is 3.37. The minimum Gasteiger partial charge on any atom is -0.366 e. The molecule has 0 saturated carbocycles. The van der Waals surface area contributed by atoms with Crippen molar-refractivity contribution >= 4 is 23.0 Å². The third-order valence-electron chi connectivity index (χ3n) is 4.77. The van der Waals surface area contributed by atoms with Gasteiger partial charge in [-0.25, -0.2) is 9.99 Å². The first-order chi connectivity index (χ1) is 13.4. The van der Waals surface area contributed by atoms with Gasteiger partial charge in [0.15, 0.2) is 0 Å². The molecule has 4 rings (SSSR count). The van der Waals surface area contributed by atoms with Crippen LogP contribution in [-0.4, -0.2) is 14.6 Å². The van der Waals surface area contributed by atoms with Gasteiger partial charge in [0.2, 0.25) is 0 Å². The molecule has 142 valence electrons. The molecule has 0 unspecified atom stereocenters. The number of aromatic amines is 1. The van der Waals surface area contributed by atoms with E-state index in [9.17, 15) is 0 Å². The number of halogens is 1. The molecule has 0 radical (unpaired) electrons. The summed E-state index contributed by atoms with van der Waals surface area (Å²) in [6.07, 6.45) is 9.82. The van der Waals surface area contributed by atoms with Crippen molar-refractivity contribution in [3.63, 3.8) is 0 Å². The molecule has 28 heavy (non-hydrogen) atoms. The summed E-state index contributed by atoms with van der Waals surface area (Å²) in [4.78, 5) is 7.47. The average Bonchev–Trinajstić information content (AvgIpc) is 3.37. The number of benzene rings is 1. The molecule has 0 atom stereocenters. The zero-order chi connectivity index (χ0) is 19.7. The van der Waals surface area contributed by atoms with Gasteiger partial charge in [0.1, 0.15) is 5.15 Å². The summed E-state index contributed by atoms with van der Waals surface area (Å²) in [5.41, 5.74) is 5.54. The summed E-state index contributed by atoms with van der Waals surface area (Å²) < 4.78 is 2.07. The van der Waals surface area contributed by atoms with E-state index in [1.165, 1.54) is 5.56 Å². The number of hydrogen-bond acceptors (Lipinski definition) is 2. The fraction of sp³-hybridized carbons (Fsp3) is 0.174. The molecule has 0 saturated heterocycles. The van der Waals surface area contributed by atoms with Crippen LogP contribution in [0.5, 0.6) is 0 Å². The van der Waals surface area contributed by atoms with E-state index in [0.717, 1.165) is 22.5 Å². The van der Waals surface area contributed by atoms with Crippen LogP contribution in [0.15, 0.2) is 79.5 Å². The number of pyridine rings is 1. The van der Waals surface area contributed by atoms with Crippen LogP contribution in [0.1, 0.15) is 26.3 Å². The topological polar surface area (TPSA) is 36.9 Å². The lowest BCUT2D eigenvalue weighted by Crippen LogP contribution is -2.23. The van der Waals surface area contributed by atoms with Crippen molar-refractivity contribution < 1.29 is 0 Å². The molecule has 4 nitrogen and oxygen atoms in total. The van der Waals surface area contributed by atoms with Gasteiger partial charge in [-0.2, -0.15) is 0 Å². The van der Waals surface area contributed by atoms with Crippen molar-refractivity contribution in [2.45, 2.75) is 26.2 Å². The van der Waals surface area contributed by atoms with Crippen molar-refractivity contribution in [1.29, 1.82) is 0 Å². The van der Waals surface area contributed by atoms with E-state index in [1.807, 2.05) is 55.2 Å². The second-order valence-electron chi connectivity index (χ2n) is 7.80. The monoisotopic (exact) mass is 390 g/mol. The van der Waals surface area contributed by atoms with Crippen LogP contribution in [0.25, 0.3) is 11.1 Å². The summed E-state index contributed by atoms with van der Waals surface area (Å²) in [7, 11) is 0. The number of anilines is 2. The highest BCUT2D eigenvalue weighted by Crippen LogP contribution is 2.38. The van der Waals surface area contributed by atoms with Crippen molar-refractivity contribution in [2.75, 3.05) is 5.01 Å². The quantitative estimate of drug-likeness (QED) is 0.407. The molecule has 3 heterocycles. The first-order valence-electron chi connectivity index (χ1n) is 9.26. The summed E-state index contributed by atoms with van der Waals surface area (Å²) in [6.45, 7) is 6.67. The lowest BCUT2D eigenvalue weighted by atomic mass is 9.85. The zero-order valence-corrected chi connectivity index (χ0v) is 17.0. The van der Waals surface area contributed by atoms with Gasteiger partial charge < -0.3 is 4.98 Å². The fourth-order valence-electron chi connectivity index (χ4n) is 3.26. The molecular weight excluding hydrogens is 368 g/mol. The number of nitrogens with one attached hydrogen (secondary N) is 1. The Morgan fingerprint density at radius 1 is 1.04 bits per heavy atom. The van der Waals surface area contributed by atoms with Gasteiger partial charge in [-0.1, -0.05) is 38.4 Å². The van der Waals surface area contributed by atoms with Crippen LogP contribution in [0.4, 0.5) is 11.4 Å². The Labute approximate surface area is 170 Å². The van der Waals surface area contributed by atoms with E-state index in [0.29, 0.717) is 5.15 Å². The molecule has 1 aromatic carbocycles. The zero-order valence-electron chi connectivity index (χ0n) is 16.2. The first-order valence-corrected chi connectivity index (χ1v) is 9.64. The van der Waals surface area contributed by atoms with Gasteiger partial charge in [-0.3, -0.25) is 4.68 Å². The summed E-state index contributed by atoms with van der Waals surface area (Å²) in [6, 6.07) is 16.6. The molecule has 0 aliphatic heterocycles. The molecule has 0 aliphatic rings. The van der Waals surface area contributed by atoms with E-state index in [-0.39, 0.29) is 5.41 Å². The second kappa shape index (κ2) is 7.21. The SMILES string of the molecule is CC(C)(C)c1ccc(N(c2cc[nH]c2)n2cccc2)c(-c2ccc(Cl)nc2)c1. The molecule has 0 spiro atoms. The Hall–Kier alpha value is -2.98. The predicted octanol–water partition coefficient (Wildman–Crippen LogP) is 6.43. The Morgan fingerprint density at radius 3 is 2.43 bits per heavy atom. The number of hydrogen-bond donors (Lipinski definition) is 1. The van der Waals surface area contributed by atoms with Gasteiger partial charge in [-0.15, -0.1) is 0 Å². The van der Waals surface area contributed by atoms with Crippen LogP contribution >= 0.6 is 11.6 Å². The lowest BCUT2D eigenvalue weighted by molar-refractivity contribution is 0.590. The molecule has 0 fully saturated rings. The van der Waals surface area contributed by atoms with Gasteiger partial charge in [-0.05, 0) is 53.4 Å². The summed E-state index contributed by atoms with van der Waals surface area (Å²) in [5, 5.41) is 2.66. The Bertz CT molecular complexity index is 1010. The largest absolute Gasteiger partial charge is 0.366 e. The third-order valence-corrected chi connectivity index (χ3v) is 5.00. The number of nitrogens with zero attached hydrogens (tertiary/aromatic N) is 3. The minimum atomic E-state index is 0.0412. The minimum absolute atomic E-state index is 0.0412. The van der Waals surface area contributed by atoms with Crippen LogP contribution in [-0.2, 0) is 5.41 Å². The number of aromatic nitrogens is 3. The Kier molecular flexibility index (Phi) is 4.73. The van der Waals surface area contributed by atoms with E-state index in [4.69, 9.17) is 11.6 Å². The van der Waals surface area contributed by atoms with Gasteiger partial charge in [0.25, 0.3) is 0 Å². The standard InChI is InChI=1S/C23H23ClN4/c1-23(2,3)18-7-8-21(20(14-18)17-6-9-22(24)26-15-17)28(19-10-11-25-16-19)27-12-4-5-13-27/h4-16,25H,1-3H3. The van der Waals surface area contributed by atoms with Crippen LogP contribution in [0.3, 0.4) is 0 Å². The van der Waals surface area contributed by atoms with E-state index >= 15 is 0 Å². The second-order valence-corrected chi connectivity index (χ2v) is 8.18. The maximum atomic E-state index is 6.04. The summed E-state index contributed by atoms with van der Waals surface area (Å²) in [5.74, 6) is 0. The molecule has 4 aromatic rings. The molecule has 0 bridgehead atoms. The summed E-state index contributed by atoms with van der Waals surface area (Å²) >= 11 is 6.04. The molecule has 5 heteroatoms. The Balaban J connectivity index is 1.95. The van der Waals surface area contributed by atoms with Crippen molar-refractivity contribution in [3.8, 4) is 11.1 Å². The van der Waals surface area contributed by atoms with Crippen LogP contribution in [0, 0.1) is 0 Å². The molecular formula is C23H23ClN4. The van der Waals surface area contributed by atoms with Crippen molar-refractivity contribution in [3.05, 3.63) is 90.2 Å². The number of rotatable bonds is 4. The van der Waals surface area contributed by atoms with Crippen LogP contribution in [0.2, 0.25) is 5.15 Å². The normalized spacial score (nSPS) is 11.6. The van der Waals surface area contributed by atoms with Crippen molar-refractivity contribution in [2.24, 2.45) is 0 Å². The highest BCUT2D eigenvalue weighted by Gasteiger charge is 2.21. The maximum Gasteiger partial charge on any atom is 0.129 e. The molecule has 3 aromatic heterocycles. The van der Waals surface area contributed by atoms with Gasteiger partial charge in [0.05, 0.1) is 11.4 Å². The maximum absolute atomic E-state index is 6.04. The molecule has 1 N–H and O–H groups in total. The smallest absolute Gasteiger partial charge is 0.129 e. The average molecular weight is 391 g/mol. The van der Waals surface area contributed by atoms with E-state index in [1.54, 1.807) is 0 Å². The van der Waals surface area contributed by atoms with Crippen LogP contribution < -0.4 is 5.01 Å². The third kappa shape index (κ3) is 3.56. The molecule has 0 aliphatic carbocycles. The highest BCUT2D eigenvalue weighted by molar-refractivity contribution is 6.29. The lowest BCUT2D eigenvalue weighted by Gasteiger charge is -2.29. The molecule has 0 amide bonds. The first kappa shape index (κ1) is 18.4. The number of H-pyrrole nitrogens is 1. The van der Waals surface area contributed by atoms with E-state index < -0.39 is 0 Å². The Morgan fingerprint density at radius 2 is 1.82 bits per heavy atom.